The van der Waals surface area contributed by atoms with Crippen LogP contribution in [-0.2, 0) is 4.74 Å². The molecule has 1 aromatic heterocycles. The molecule has 1 aromatic carbocycles. The number of ether oxygens (including phenoxy) is 1. The molecular weight excluding hydrogens is 325 g/mol. The molecule has 0 atom stereocenters. The molecule has 1 N–H and O–H groups in total. The fourth-order valence-corrected chi connectivity index (χ4v) is 2.13. The number of rotatable bonds is 3. The van der Waals surface area contributed by atoms with Crippen molar-refractivity contribution < 1.29 is 14.5 Å². The fraction of sp³-hybridized carbons (Fsp3) is 0.182. The molecule has 2 aromatic rings. The van der Waals surface area contributed by atoms with Gasteiger partial charge in [0.05, 0.1) is 22.1 Å². The number of esters is 1. The molecule has 110 valence electrons. The number of hydrogen-bond donors (Lipinski definition) is 1. The predicted molar refractivity (Wildman–Crippen MR) is 75.0 cm³/mol. The van der Waals surface area contributed by atoms with Crippen molar-refractivity contribution in [3.05, 3.63) is 42.3 Å². The standard InChI is InChI=1S/C11H7Cl2N3O5/c1-2-21-11(18)9-10(17)15-8-6(13)5(16(19)20)3-4(12)7(8)14-9/h3H,2H2,1H3,(H,15,17). The lowest BCUT2D eigenvalue weighted by molar-refractivity contribution is -0.384. The van der Waals surface area contributed by atoms with Gasteiger partial charge in [0.25, 0.3) is 11.2 Å². The maximum atomic E-state index is 11.8. The number of aromatic nitrogens is 2. The molecule has 0 unspecified atom stereocenters. The fourth-order valence-electron chi connectivity index (χ4n) is 1.63. The monoisotopic (exact) mass is 331 g/mol. The van der Waals surface area contributed by atoms with Gasteiger partial charge in [0, 0.05) is 6.07 Å². The summed E-state index contributed by atoms with van der Waals surface area (Å²) in [4.78, 5) is 39.5. The molecule has 0 aliphatic heterocycles. The van der Waals surface area contributed by atoms with E-state index in [4.69, 9.17) is 23.2 Å². The van der Waals surface area contributed by atoms with Crippen molar-refractivity contribution in [1.82, 2.24) is 9.97 Å². The zero-order chi connectivity index (χ0) is 15.7. The summed E-state index contributed by atoms with van der Waals surface area (Å²) in [5, 5.41) is 10.4. The molecule has 0 amide bonds. The Morgan fingerprint density at radius 1 is 1.52 bits per heavy atom. The number of nitro benzene ring substituents is 1. The molecule has 8 nitrogen and oxygen atoms in total. The van der Waals surface area contributed by atoms with Crippen LogP contribution >= 0.6 is 23.2 Å². The van der Waals surface area contributed by atoms with E-state index < -0.39 is 27.8 Å². The zero-order valence-corrected chi connectivity index (χ0v) is 12.0. The molecule has 0 saturated carbocycles. The second-order valence-electron chi connectivity index (χ2n) is 3.81. The Balaban J connectivity index is 2.79. The number of H-pyrrole nitrogens is 1. The van der Waals surface area contributed by atoms with E-state index in [1.807, 2.05) is 0 Å². The molecular formula is C11H7Cl2N3O5. The van der Waals surface area contributed by atoms with Crippen LogP contribution < -0.4 is 5.56 Å². The van der Waals surface area contributed by atoms with E-state index in [1.165, 1.54) is 0 Å². The first kappa shape index (κ1) is 15.2. The number of nitrogens with zero attached hydrogens (tertiary/aromatic N) is 2. The van der Waals surface area contributed by atoms with Crippen molar-refractivity contribution in [2.24, 2.45) is 0 Å². The second kappa shape index (κ2) is 5.66. The smallest absolute Gasteiger partial charge is 0.362 e. The number of carbonyl (C=O) groups is 1. The third-order valence-corrected chi connectivity index (χ3v) is 3.18. The van der Waals surface area contributed by atoms with E-state index in [0.29, 0.717) is 0 Å². The topological polar surface area (TPSA) is 115 Å². The Labute approximate surface area is 126 Å². The molecule has 2 rings (SSSR count). The number of nitro groups is 1. The third kappa shape index (κ3) is 2.67. The Hall–Kier alpha value is -2.19. The normalized spacial score (nSPS) is 10.6. The average Bonchev–Trinajstić information content (AvgIpc) is 2.42. The van der Waals surface area contributed by atoms with Crippen LogP contribution in [0.25, 0.3) is 11.0 Å². The van der Waals surface area contributed by atoms with E-state index in [9.17, 15) is 19.7 Å². The number of benzene rings is 1. The molecule has 0 fully saturated rings. The maximum Gasteiger partial charge on any atom is 0.362 e. The van der Waals surface area contributed by atoms with Crippen LogP contribution in [0.4, 0.5) is 5.69 Å². The van der Waals surface area contributed by atoms with E-state index in [-0.39, 0.29) is 27.7 Å². The Bertz CT molecular complexity index is 818. The summed E-state index contributed by atoms with van der Waals surface area (Å²) in [7, 11) is 0. The van der Waals surface area contributed by atoms with Crippen LogP contribution in [0, 0.1) is 10.1 Å². The summed E-state index contributed by atoms with van der Waals surface area (Å²) in [6.45, 7) is 1.63. The van der Waals surface area contributed by atoms with Gasteiger partial charge in [-0.1, -0.05) is 23.2 Å². The van der Waals surface area contributed by atoms with Crippen LogP contribution in [0.2, 0.25) is 10.0 Å². The molecule has 0 spiro atoms. The molecule has 0 saturated heterocycles. The number of carbonyl (C=O) groups excluding carboxylic acids is 1. The number of aromatic amines is 1. The van der Waals surface area contributed by atoms with Gasteiger partial charge < -0.3 is 9.72 Å². The first-order chi connectivity index (χ1) is 9.86. The molecule has 0 radical (unpaired) electrons. The predicted octanol–water partition coefficient (Wildman–Crippen LogP) is 2.31. The van der Waals surface area contributed by atoms with Gasteiger partial charge in [-0.25, -0.2) is 9.78 Å². The van der Waals surface area contributed by atoms with E-state index in [2.05, 4.69) is 14.7 Å². The van der Waals surface area contributed by atoms with Crippen LogP contribution in [-0.4, -0.2) is 27.5 Å². The van der Waals surface area contributed by atoms with Gasteiger partial charge in [-0.3, -0.25) is 14.9 Å². The third-order valence-electron chi connectivity index (χ3n) is 2.51. The average molecular weight is 332 g/mol. The van der Waals surface area contributed by atoms with Crippen molar-refractivity contribution in [2.75, 3.05) is 6.61 Å². The van der Waals surface area contributed by atoms with Gasteiger partial charge >= 0.3 is 5.97 Å². The summed E-state index contributed by atoms with van der Waals surface area (Å²) < 4.78 is 4.68. The lowest BCUT2D eigenvalue weighted by Gasteiger charge is -2.05. The Kier molecular flexibility index (Phi) is 4.10. The molecule has 10 heteroatoms. The summed E-state index contributed by atoms with van der Waals surface area (Å²) in [6.07, 6.45) is 0. The molecule has 1 heterocycles. The van der Waals surface area contributed by atoms with Crippen molar-refractivity contribution in [3.63, 3.8) is 0 Å². The van der Waals surface area contributed by atoms with Crippen molar-refractivity contribution in [1.29, 1.82) is 0 Å². The summed E-state index contributed by atoms with van der Waals surface area (Å²) in [6, 6.07) is 0.993. The second-order valence-corrected chi connectivity index (χ2v) is 4.59. The number of hydrogen-bond acceptors (Lipinski definition) is 6. The van der Waals surface area contributed by atoms with Crippen molar-refractivity contribution >= 4 is 45.9 Å². The highest BCUT2D eigenvalue weighted by Crippen LogP contribution is 2.34. The molecule has 21 heavy (non-hydrogen) atoms. The molecule has 0 aliphatic rings. The van der Waals surface area contributed by atoms with E-state index in [1.54, 1.807) is 6.92 Å². The first-order valence-electron chi connectivity index (χ1n) is 5.60. The molecule has 0 bridgehead atoms. The minimum absolute atomic E-state index is 0.0325. The minimum atomic E-state index is -0.925. The lowest BCUT2D eigenvalue weighted by Crippen LogP contribution is -2.22. The van der Waals surface area contributed by atoms with Crippen LogP contribution in [0.3, 0.4) is 0 Å². The van der Waals surface area contributed by atoms with Gasteiger partial charge in [-0.15, -0.1) is 0 Å². The summed E-state index contributed by atoms with van der Waals surface area (Å²) >= 11 is 11.7. The highest BCUT2D eigenvalue weighted by Gasteiger charge is 2.23. The highest BCUT2D eigenvalue weighted by atomic mass is 35.5. The number of nitrogens with one attached hydrogen (secondary N) is 1. The van der Waals surface area contributed by atoms with Crippen LogP contribution in [0.15, 0.2) is 10.9 Å². The van der Waals surface area contributed by atoms with Gasteiger partial charge in [0.1, 0.15) is 10.5 Å². The number of fused-ring (bicyclic) bond motifs is 1. The van der Waals surface area contributed by atoms with Crippen LogP contribution in [0.5, 0.6) is 0 Å². The van der Waals surface area contributed by atoms with Gasteiger partial charge in [-0.05, 0) is 6.92 Å². The number of halogens is 2. The SMILES string of the molecule is CCOC(=O)c1nc2c(Cl)cc([N+](=O)[O-])c(Cl)c2[nH]c1=O. The summed E-state index contributed by atoms with van der Waals surface area (Å²) in [5.74, 6) is -0.925. The van der Waals surface area contributed by atoms with Crippen molar-refractivity contribution in [3.8, 4) is 0 Å². The highest BCUT2D eigenvalue weighted by molar-refractivity contribution is 6.41. The Morgan fingerprint density at radius 3 is 2.76 bits per heavy atom. The van der Waals surface area contributed by atoms with Gasteiger partial charge in [-0.2, -0.15) is 0 Å². The van der Waals surface area contributed by atoms with Crippen LogP contribution in [0.1, 0.15) is 17.4 Å². The Morgan fingerprint density at radius 2 is 2.19 bits per heavy atom. The molecule has 0 aliphatic carbocycles. The minimum Gasteiger partial charge on any atom is -0.461 e. The van der Waals surface area contributed by atoms with Gasteiger partial charge in [0.15, 0.2) is 0 Å². The van der Waals surface area contributed by atoms with E-state index in [0.717, 1.165) is 6.07 Å². The summed E-state index contributed by atoms with van der Waals surface area (Å²) in [5.41, 5.74) is -2.00. The zero-order valence-electron chi connectivity index (χ0n) is 10.5. The van der Waals surface area contributed by atoms with Gasteiger partial charge in [0.2, 0.25) is 5.69 Å². The van der Waals surface area contributed by atoms with Crippen molar-refractivity contribution in [2.45, 2.75) is 6.92 Å². The van der Waals surface area contributed by atoms with E-state index >= 15 is 0 Å². The first-order valence-corrected chi connectivity index (χ1v) is 6.36. The maximum absolute atomic E-state index is 11.8. The quantitative estimate of drug-likeness (QED) is 0.524. The lowest BCUT2D eigenvalue weighted by atomic mass is 10.2. The largest absolute Gasteiger partial charge is 0.461 e.